The van der Waals surface area contributed by atoms with Gasteiger partial charge in [-0.25, -0.2) is 9.59 Å². The van der Waals surface area contributed by atoms with Crippen molar-refractivity contribution in [2.75, 3.05) is 0 Å². The normalized spacial score (nSPS) is 10.8. The molecule has 0 fully saturated rings. The first-order valence-electron chi connectivity index (χ1n) is 8.44. The first kappa shape index (κ1) is 22.1. The summed E-state index contributed by atoms with van der Waals surface area (Å²) >= 11 is 0. The third kappa shape index (κ3) is 3.59. The molecule has 8 nitrogen and oxygen atoms in total. The zero-order chi connectivity index (χ0) is 19.9. The third-order valence-electron chi connectivity index (χ3n) is 4.43. The van der Waals surface area contributed by atoms with Crippen molar-refractivity contribution in [3.63, 3.8) is 0 Å². The van der Waals surface area contributed by atoms with Crippen molar-refractivity contribution >= 4 is 71.5 Å². The largest absolute Gasteiger partial charge is 2.00 e. The van der Waals surface area contributed by atoms with Gasteiger partial charge in [0.1, 0.15) is 11.3 Å². The van der Waals surface area contributed by atoms with Crippen LogP contribution >= 0.6 is 0 Å². The minimum atomic E-state index is -1.39. The Bertz CT molecular complexity index is 1220. The van der Waals surface area contributed by atoms with Gasteiger partial charge >= 0.3 is 49.7 Å². The monoisotopic (exact) mass is 411 g/mol. The quantitative estimate of drug-likeness (QED) is 0.486. The SMILES string of the molecule is CCCc1c2oc(C(=O)O)cc(=O)c2cc2c(=O)cc(C(=O)O)n(CC)c12.[Ca+2]. The Morgan fingerprint density at radius 3 is 2.18 bits per heavy atom. The molecule has 9 heteroatoms. The van der Waals surface area contributed by atoms with Crippen LogP contribution in [-0.4, -0.2) is 64.5 Å². The standard InChI is InChI=1S/C19H17NO7.Ca/c1-3-5-9-16-10(13(21)7-12(18(23)24)20(16)4-2)6-11-14(22)8-15(19(25)26)27-17(9)11;/h6-8H,3-5H2,1-2H3,(H,23,24)(H,25,26);/q;+2. The van der Waals surface area contributed by atoms with Gasteiger partial charge < -0.3 is 19.2 Å². The van der Waals surface area contributed by atoms with Crippen molar-refractivity contribution in [3.05, 3.63) is 55.7 Å². The molecule has 0 aliphatic carbocycles. The summed E-state index contributed by atoms with van der Waals surface area (Å²) in [6.07, 6.45) is 0.993. The average molecular weight is 411 g/mol. The van der Waals surface area contributed by atoms with E-state index in [1.165, 1.54) is 10.6 Å². The molecule has 0 radical (unpaired) electrons. The first-order valence-corrected chi connectivity index (χ1v) is 8.44. The van der Waals surface area contributed by atoms with Gasteiger partial charge in [-0.3, -0.25) is 9.59 Å². The molecule has 2 N–H and O–H groups in total. The van der Waals surface area contributed by atoms with Gasteiger partial charge in [-0.15, -0.1) is 0 Å². The number of aryl methyl sites for hydroxylation is 2. The molecule has 0 saturated heterocycles. The zero-order valence-electron chi connectivity index (χ0n) is 15.4. The fourth-order valence-electron chi connectivity index (χ4n) is 3.34. The van der Waals surface area contributed by atoms with E-state index in [2.05, 4.69) is 0 Å². The van der Waals surface area contributed by atoms with Crippen LogP contribution in [-0.2, 0) is 13.0 Å². The van der Waals surface area contributed by atoms with Crippen molar-refractivity contribution in [2.24, 2.45) is 0 Å². The van der Waals surface area contributed by atoms with Gasteiger partial charge in [0.2, 0.25) is 5.76 Å². The Morgan fingerprint density at radius 2 is 1.64 bits per heavy atom. The zero-order valence-corrected chi connectivity index (χ0v) is 17.7. The van der Waals surface area contributed by atoms with Crippen LogP contribution in [0.1, 0.15) is 46.9 Å². The topological polar surface area (TPSA) is 127 Å². The second kappa shape index (κ2) is 8.46. The van der Waals surface area contributed by atoms with Crippen LogP contribution in [0.15, 0.2) is 32.2 Å². The second-order valence-corrected chi connectivity index (χ2v) is 6.10. The molecule has 0 bridgehead atoms. The molecular formula is C19H17CaNO7+2. The summed E-state index contributed by atoms with van der Waals surface area (Å²) in [6.45, 7) is 3.88. The smallest absolute Gasteiger partial charge is 0.477 e. The Kier molecular flexibility index (Phi) is 6.69. The Labute approximate surface area is 188 Å². The number of carboxylic acid groups (broad SMARTS) is 2. The van der Waals surface area contributed by atoms with Gasteiger partial charge in [0.25, 0.3) is 0 Å². The average Bonchev–Trinajstić information content (AvgIpc) is 2.62. The molecule has 1 aromatic carbocycles. The molecular weight excluding hydrogens is 394 g/mol. The summed E-state index contributed by atoms with van der Waals surface area (Å²) in [5, 5.41) is 19.0. The van der Waals surface area contributed by atoms with E-state index in [0.717, 1.165) is 12.1 Å². The number of benzene rings is 1. The van der Waals surface area contributed by atoms with E-state index in [1.54, 1.807) is 6.92 Å². The number of hydrogen-bond donors (Lipinski definition) is 2. The van der Waals surface area contributed by atoms with Crippen LogP contribution < -0.4 is 10.9 Å². The van der Waals surface area contributed by atoms with Gasteiger partial charge in [0.15, 0.2) is 10.9 Å². The van der Waals surface area contributed by atoms with E-state index in [-0.39, 0.29) is 66.3 Å². The van der Waals surface area contributed by atoms with Crippen LogP contribution in [0.4, 0.5) is 0 Å². The molecule has 0 unspecified atom stereocenters. The van der Waals surface area contributed by atoms with Gasteiger partial charge in [0, 0.05) is 29.6 Å². The summed E-state index contributed by atoms with van der Waals surface area (Å²) in [7, 11) is 0. The number of carboxylic acids is 2. The van der Waals surface area contributed by atoms with Crippen LogP contribution in [0.3, 0.4) is 0 Å². The van der Waals surface area contributed by atoms with Crippen LogP contribution in [0, 0.1) is 0 Å². The van der Waals surface area contributed by atoms with Crippen LogP contribution in [0.25, 0.3) is 21.9 Å². The minimum absolute atomic E-state index is 0. The molecule has 2 heterocycles. The molecule has 28 heavy (non-hydrogen) atoms. The van der Waals surface area contributed by atoms with Crippen molar-refractivity contribution in [2.45, 2.75) is 33.2 Å². The maximum absolute atomic E-state index is 12.6. The van der Waals surface area contributed by atoms with Crippen molar-refractivity contribution < 1.29 is 24.2 Å². The molecule has 0 spiro atoms. The maximum Gasteiger partial charge on any atom is 2.00 e. The molecule has 0 aliphatic rings. The van der Waals surface area contributed by atoms with Crippen molar-refractivity contribution in [1.29, 1.82) is 0 Å². The first-order chi connectivity index (χ1) is 12.8. The summed E-state index contributed by atoms with van der Waals surface area (Å²) in [6, 6.07) is 3.25. The third-order valence-corrected chi connectivity index (χ3v) is 4.43. The van der Waals surface area contributed by atoms with E-state index in [1.807, 2.05) is 6.92 Å². The van der Waals surface area contributed by atoms with E-state index in [0.29, 0.717) is 23.9 Å². The predicted molar refractivity (Wildman–Crippen MR) is 104 cm³/mol. The summed E-state index contributed by atoms with van der Waals surface area (Å²) in [5.74, 6) is -3.15. The Morgan fingerprint density at radius 1 is 1.00 bits per heavy atom. The number of carbonyl (C=O) groups is 2. The number of pyridine rings is 1. The van der Waals surface area contributed by atoms with Crippen molar-refractivity contribution in [1.82, 2.24) is 4.57 Å². The molecule has 0 atom stereocenters. The van der Waals surface area contributed by atoms with Gasteiger partial charge in [-0.2, -0.15) is 0 Å². The van der Waals surface area contributed by atoms with E-state index in [9.17, 15) is 29.4 Å². The van der Waals surface area contributed by atoms with Gasteiger partial charge in [-0.05, 0) is 19.4 Å². The molecule has 2 aromatic heterocycles. The summed E-state index contributed by atoms with van der Waals surface area (Å²) in [5.41, 5.74) is -0.401. The molecule has 0 aliphatic heterocycles. The molecule has 3 rings (SSSR count). The van der Waals surface area contributed by atoms with Crippen molar-refractivity contribution in [3.8, 4) is 0 Å². The molecule has 0 saturated carbocycles. The van der Waals surface area contributed by atoms with E-state index in [4.69, 9.17) is 4.42 Å². The van der Waals surface area contributed by atoms with Crippen LogP contribution in [0.2, 0.25) is 0 Å². The molecule has 140 valence electrons. The number of rotatable bonds is 5. The summed E-state index contributed by atoms with van der Waals surface area (Å²) < 4.78 is 6.94. The maximum atomic E-state index is 12.6. The van der Waals surface area contributed by atoms with Crippen LogP contribution in [0.5, 0.6) is 0 Å². The summed E-state index contributed by atoms with van der Waals surface area (Å²) in [4.78, 5) is 47.9. The van der Waals surface area contributed by atoms with E-state index < -0.39 is 28.6 Å². The fourth-order valence-corrected chi connectivity index (χ4v) is 3.34. The van der Waals surface area contributed by atoms with E-state index >= 15 is 0 Å². The molecule has 0 amide bonds. The number of aromatic carboxylic acids is 2. The Hall–Kier alpha value is -2.16. The predicted octanol–water partition coefficient (Wildman–Crippen LogP) is 2.10. The van der Waals surface area contributed by atoms with Gasteiger partial charge in [0.05, 0.1) is 10.9 Å². The van der Waals surface area contributed by atoms with Gasteiger partial charge in [-0.1, -0.05) is 13.3 Å². The second-order valence-electron chi connectivity index (χ2n) is 6.10. The number of fused-ring (bicyclic) bond motifs is 2. The molecule has 3 aromatic rings. The number of hydrogen-bond acceptors (Lipinski definition) is 5. The number of nitrogens with zero attached hydrogens (tertiary/aromatic N) is 1. The Balaban J connectivity index is 0.00000280. The number of aromatic nitrogens is 1. The minimum Gasteiger partial charge on any atom is -0.477 e. The fraction of sp³-hybridized carbons (Fsp3) is 0.263.